The molecule has 13 heavy (non-hydrogen) atoms. The van der Waals surface area contributed by atoms with Crippen LogP contribution in [0.2, 0.25) is 0 Å². The highest BCUT2D eigenvalue weighted by atomic mass is 32.1. The Balaban J connectivity index is 2.26. The maximum Gasteiger partial charge on any atom is 0.214 e. The Morgan fingerprint density at radius 2 is 2.38 bits per heavy atom. The number of nitrogens with zero attached hydrogens (tertiary/aromatic N) is 2. The van der Waals surface area contributed by atoms with Gasteiger partial charge in [0, 0.05) is 6.07 Å². The van der Waals surface area contributed by atoms with Crippen LogP contribution >= 0.6 is 11.3 Å². The molecule has 2 heterocycles. The average Bonchev–Trinajstić information content (AvgIpc) is 2.61. The van der Waals surface area contributed by atoms with Gasteiger partial charge in [-0.1, -0.05) is 0 Å². The predicted octanol–water partition coefficient (Wildman–Crippen LogP) is 1.06. The molecule has 0 amide bonds. The van der Waals surface area contributed by atoms with Gasteiger partial charge < -0.3 is 9.84 Å². The van der Waals surface area contributed by atoms with Crippen LogP contribution in [0.4, 0.5) is 0 Å². The van der Waals surface area contributed by atoms with Gasteiger partial charge in [0.25, 0.3) is 0 Å². The van der Waals surface area contributed by atoms with Crippen LogP contribution in [-0.2, 0) is 0 Å². The molecule has 0 aliphatic carbocycles. The molecule has 68 valence electrons. The molecule has 0 aliphatic heterocycles. The third-order valence-corrected chi connectivity index (χ3v) is 2.25. The van der Waals surface area contributed by atoms with E-state index in [1.165, 1.54) is 11.3 Å². The fourth-order valence-corrected chi connectivity index (χ4v) is 1.62. The lowest BCUT2D eigenvalue weighted by Crippen LogP contribution is -2.02. The Morgan fingerprint density at radius 1 is 1.46 bits per heavy atom. The van der Waals surface area contributed by atoms with E-state index in [4.69, 9.17) is 9.84 Å². The van der Waals surface area contributed by atoms with E-state index in [0.717, 1.165) is 10.3 Å². The van der Waals surface area contributed by atoms with Crippen molar-refractivity contribution < 1.29 is 9.84 Å². The van der Waals surface area contributed by atoms with Crippen molar-refractivity contribution >= 4 is 21.7 Å². The lowest BCUT2D eigenvalue weighted by atomic mass is 10.4. The summed E-state index contributed by atoms with van der Waals surface area (Å²) in [5.74, 6) is 0.533. The van der Waals surface area contributed by atoms with E-state index >= 15 is 0 Å². The molecule has 0 saturated heterocycles. The lowest BCUT2D eigenvalue weighted by Gasteiger charge is -2.01. The minimum absolute atomic E-state index is 0.00239. The zero-order chi connectivity index (χ0) is 9.10. The number of ether oxygens (including phenoxy) is 1. The highest BCUT2D eigenvalue weighted by Gasteiger charge is 2.00. The molecule has 2 aromatic rings. The van der Waals surface area contributed by atoms with Crippen LogP contribution in [0.15, 0.2) is 17.6 Å². The third kappa shape index (κ3) is 1.76. The quantitative estimate of drug-likeness (QED) is 0.797. The van der Waals surface area contributed by atoms with E-state index in [2.05, 4.69) is 9.97 Å². The van der Waals surface area contributed by atoms with Gasteiger partial charge in [-0.05, 0) is 6.07 Å². The summed E-state index contributed by atoms with van der Waals surface area (Å²) in [4.78, 5) is 9.14. The number of aliphatic hydroxyl groups excluding tert-OH is 1. The molecule has 5 heteroatoms. The molecule has 0 spiro atoms. The molecule has 1 N–H and O–H groups in total. The Morgan fingerprint density at radius 3 is 3.23 bits per heavy atom. The van der Waals surface area contributed by atoms with Crippen LogP contribution in [0.1, 0.15) is 0 Å². The summed E-state index contributed by atoms with van der Waals surface area (Å²) in [5.41, 5.74) is 2.62. The van der Waals surface area contributed by atoms with E-state index in [1.807, 2.05) is 6.07 Å². The fraction of sp³-hybridized carbons (Fsp3) is 0.250. The molecular weight excluding hydrogens is 188 g/mol. The van der Waals surface area contributed by atoms with Crippen molar-refractivity contribution in [2.75, 3.05) is 13.2 Å². The van der Waals surface area contributed by atoms with Gasteiger partial charge in [0.2, 0.25) is 5.88 Å². The molecule has 0 bridgehead atoms. The van der Waals surface area contributed by atoms with E-state index in [0.29, 0.717) is 5.88 Å². The Bertz CT molecular complexity index is 402. The van der Waals surface area contributed by atoms with Gasteiger partial charge in [0.1, 0.15) is 17.0 Å². The molecule has 2 aromatic heterocycles. The Kier molecular flexibility index (Phi) is 2.37. The number of aliphatic hydroxyl groups is 1. The van der Waals surface area contributed by atoms with E-state index < -0.39 is 0 Å². The zero-order valence-corrected chi connectivity index (χ0v) is 7.62. The topological polar surface area (TPSA) is 55.2 Å². The summed E-state index contributed by atoms with van der Waals surface area (Å²) >= 11 is 1.47. The first-order chi connectivity index (χ1) is 6.40. The van der Waals surface area contributed by atoms with Crippen molar-refractivity contribution in [3.8, 4) is 5.88 Å². The van der Waals surface area contributed by atoms with Crippen molar-refractivity contribution in [3.63, 3.8) is 0 Å². The van der Waals surface area contributed by atoms with Crippen molar-refractivity contribution in [3.05, 3.63) is 17.6 Å². The van der Waals surface area contributed by atoms with Gasteiger partial charge in [-0.15, -0.1) is 11.3 Å². The normalized spacial score (nSPS) is 10.5. The molecule has 0 radical (unpaired) electrons. The molecule has 0 atom stereocenters. The van der Waals surface area contributed by atoms with Crippen LogP contribution in [0.5, 0.6) is 5.88 Å². The van der Waals surface area contributed by atoms with Crippen molar-refractivity contribution in [1.29, 1.82) is 0 Å². The van der Waals surface area contributed by atoms with Gasteiger partial charge in [-0.2, -0.15) is 0 Å². The predicted molar refractivity (Wildman–Crippen MR) is 50.0 cm³/mol. The molecule has 0 fully saturated rings. The number of hydrogen-bond acceptors (Lipinski definition) is 5. The van der Waals surface area contributed by atoms with Crippen molar-refractivity contribution in [2.45, 2.75) is 0 Å². The summed E-state index contributed by atoms with van der Waals surface area (Å²) in [6, 6.07) is 3.60. The Hall–Kier alpha value is -1.20. The van der Waals surface area contributed by atoms with Crippen LogP contribution < -0.4 is 4.74 Å². The summed E-state index contributed by atoms with van der Waals surface area (Å²) in [5, 5.41) is 8.54. The summed E-state index contributed by atoms with van der Waals surface area (Å²) in [6.07, 6.45) is 0. The molecule has 0 aromatic carbocycles. The number of rotatable bonds is 3. The second-order valence-electron chi connectivity index (χ2n) is 2.40. The number of fused-ring (bicyclic) bond motifs is 1. The van der Waals surface area contributed by atoms with Crippen LogP contribution in [-0.4, -0.2) is 28.3 Å². The fourth-order valence-electron chi connectivity index (χ4n) is 0.965. The van der Waals surface area contributed by atoms with E-state index in [9.17, 15) is 0 Å². The smallest absolute Gasteiger partial charge is 0.214 e. The van der Waals surface area contributed by atoms with Gasteiger partial charge in [0.15, 0.2) is 0 Å². The standard InChI is InChI=1S/C8H8N2O2S/c11-3-4-12-7-2-1-6-8(10-7)13-5-9-6/h1-2,5,11H,3-4H2. The Labute approximate surface area is 78.8 Å². The molecule has 4 nitrogen and oxygen atoms in total. The number of aromatic nitrogens is 2. The maximum atomic E-state index is 8.54. The minimum atomic E-state index is 0.00239. The van der Waals surface area contributed by atoms with Gasteiger partial charge >= 0.3 is 0 Å². The van der Waals surface area contributed by atoms with Gasteiger partial charge in [-0.3, -0.25) is 0 Å². The van der Waals surface area contributed by atoms with Gasteiger partial charge in [0.05, 0.1) is 12.1 Å². The van der Waals surface area contributed by atoms with Crippen molar-refractivity contribution in [1.82, 2.24) is 9.97 Å². The van der Waals surface area contributed by atoms with Crippen molar-refractivity contribution in [2.24, 2.45) is 0 Å². The highest BCUT2D eigenvalue weighted by Crippen LogP contribution is 2.18. The molecule has 0 saturated carbocycles. The second-order valence-corrected chi connectivity index (χ2v) is 3.23. The monoisotopic (exact) mass is 196 g/mol. The van der Waals surface area contributed by atoms with Crippen LogP contribution in [0.25, 0.3) is 10.3 Å². The van der Waals surface area contributed by atoms with E-state index in [1.54, 1.807) is 11.6 Å². The van der Waals surface area contributed by atoms with Crippen LogP contribution in [0, 0.1) is 0 Å². The largest absolute Gasteiger partial charge is 0.475 e. The SMILES string of the molecule is OCCOc1ccc2ncsc2n1. The van der Waals surface area contributed by atoms with E-state index in [-0.39, 0.29) is 13.2 Å². The maximum absolute atomic E-state index is 8.54. The number of hydrogen-bond donors (Lipinski definition) is 1. The summed E-state index contributed by atoms with van der Waals surface area (Å²) < 4.78 is 5.15. The number of pyridine rings is 1. The minimum Gasteiger partial charge on any atom is -0.475 e. The molecular formula is C8H8N2O2S. The van der Waals surface area contributed by atoms with Crippen LogP contribution in [0.3, 0.4) is 0 Å². The molecule has 2 rings (SSSR count). The summed E-state index contributed by atoms with van der Waals surface area (Å²) in [7, 11) is 0. The van der Waals surface area contributed by atoms with Gasteiger partial charge in [-0.25, -0.2) is 9.97 Å². The summed E-state index contributed by atoms with van der Waals surface area (Å²) in [6.45, 7) is 0.277. The molecule has 0 aliphatic rings. The highest BCUT2D eigenvalue weighted by molar-refractivity contribution is 7.16. The first-order valence-corrected chi connectivity index (χ1v) is 4.72. The third-order valence-electron chi connectivity index (χ3n) is 1.51. The first kappa shape index (κ1) is 8.40. The second kappa shape index (κ2) is 3.68. The first-order valence-electron chi connectivity index (χ1n) is 3.84. The lowest BCUT2D eigenvalue weighted by molar-refractivity contribution is 0.197. The molecule has 0 unspecified atom stereocenters. The average molecular weight is 196 g/mol. The number of thiazole rings is 1. The zero-order valence-electron chi connectivity index (χ0n) is 6.80.